The van der Waals surface area contributed by atoms with Crippen molar-refractivity contribution in [3.05, 3.63) is 76.1 Å². The molecule has 1 N–H and O–H groups in total. The van der Waals surface area contributed by atoms with E-state index in [2.05, 4.69) is 5.10 Å². The molecule has 1 spiro atoms. The van der Waals surface area contributed by atoms with Crippen LogP contribution in [0.1, 0.15) is 39.9 Å². The van der Waals surface area contributed by atoms with E-state index in [0.29, 0.717) is 23.8 Å². The molecule has 3 aromatic rings. The van der Waals surface area contributed by atoms with Crippen LogP contribution >= 0.6 is 11.6 Å². The van der Waals surface area contributed by atoms with Gasteiger partial charge in [-0.05, 0) is 72.6 Å². The first-order valence-corrected chi connectivity index (χ1v) is 10.8. The predicted octanol–water partition coefficient (Wildman–Crippen LogP) is 4.36. The summed E-state index contributed by atoms with van der Waals surface area (Å²) < 4.78 is 1.91. The lowest BCUT2D eigenvalue weighted by atomic mass is 9.79. The molecule has 6 rings (SSSR count). The third-order valence-corrected chi connectivity index (χ3v) is 7.02. The maximum Gasteiger partial charge on any atom is 0.335 e. The first-order chi connectivity index (χ1) is 14.9. The molecular formula is C24H20ClN3O3. The second-order valence-corrected chi connectivity index (χ2v) is 9.33. The Kier molecular flexibility index (Phi) is 3.87. The summed E-state index contributed by atoms with van der Waals surface area (Å²) in [5, 5.41) is 14.4. The van der Waals surface area contributed by atoms with Crippen molar-refractivity contribution in [2.75, 3.05) is 4.90 Å². The van der Waals surface area contributed by atoms with Crippen molar-refractivity contribution < 1.29 is 14.7 Å². The van der Waals surface area contributed by atoms with E-state index >= 15 is 0 Å². The van der Waals surface area contributed by atoms with Crippen molar-refractivity contribution >= 4 is 34.9 Å². The van der Waals surface area contributed by atoms with Crippen LogP contribution < -0.4 is 4.90 Å². The summed E-state index contributed by atoms with van der Waals surface area (Å²) in [5.74, 6) is -0.287. The maximum absolute atomic E-state index is 14.0. The highest BCUT2D eigenvalue weighted by molar-refractivity contribution is 6.31. The van der Waals surface area contributed by atoms with Gasteiger partial charge in [-0.1, -0.05) is 23.7 Å². The van der Waals surface area contributed by atoms with Crippen molar-refractivity contribution in [1.82, 2.24) is 9.78 Å². The standard InChI is InChI=1S/C24H20ClN3O3/c25-18-5-6-20-21(8-18)28(19-11-26-27(13-19)12-14-1-2-14)23(31)24(20)9-16-4-3-15(22(29)30)7-17(16)10-24/h3-8,11,13-14H,1-2,9-10,12H2,(H,29,30). The minimum absolute atomic E-state index is 0.0104. The summed E-state index contributed by atoms with van der Waals surface area (Å²) in [6, 6.07) is 10.8. The zero-order chi connectivity index (χ0) is 21.3. The number of carboxylic acids is 1. The molecule has 6 nitrogen and oxygen atoms in total. The fraction of sp³-hybridized carbons (Fsp3) is 0.292. The largest absolute Gasteiger partial charge is 0.478 e. The molecule has 2 aliphatic carbocycles. The van der Waals surface area contributed by atoms with Crippen molar-refractivity contribution in [1.29, 1.82) is 0 Å². The highest BCUT2D eigenvalue weighted by atomic mass is 35.5. The molecular weight excluding hydrogens is 414 g/mol. The number of carboxylic acid groups (broad SMARTS) is 1. The fourth-order valence-corrected chi connectivity index (χ4v) is 5.24. The summed E-state index contributed by atoms with van der Waals surface area (Å²) >= 11 is 6.32. The van der Waals surface area contributed by atoms with Crippen molar-refractivity contribution in [2.24, 2.45) is 5.92 Å². The normalized spacial score (nSPS) is 21.6. The monoisotopic (exact) mass is 433 g/mol. The van der Waals surface area contributed by atoms with Crippen LogP contribution in [0.5, 0.6) is 0 Å². The Hall–Kier alpha value is -3.12. The first kappa shape index (κ1) is 18.6. The number of carbonyl (C=O) groups is 2. The number of aromatic nitrogens is 2. The molecule has 1 fully saturated rings. The van der Waals surface area contributed by atoms with E-state index in [-0.39, 0.29) is 11.5 Å². The van der Waals surface area contributed by atoms with Gasteiger partial charge in [-0.15, -0.1) is 0 Å². The van der Waals surface area contributed by atoms with Crippen LogP contribution in [0.4, 0.5) is 11.4 Å². The minimum Gasteiger partial charge on any atom is -0.478 e. The van der Waals surface area contributed by atoms with Gasteiger partial charge in [-0.2, -0.15) is 5.10 Å². The summed E-state index contributed by atoms with van der Waals surface area (Å²) in [7, 11) is 0. The van der Waals surface area contributed by atoms with Crippen LogP contribution in [0, 0.1) is 5.92 Å². The molecule has 1 aromatic heterocycles. The summed E-state index contributed by atoms with van der Waals surface area (Å²) in [5.41, 5.74) is 3.90. The van der Waals surface area contributed by atoms with Gasteiger partial charge in [-0.3, -0.25) is 14.4 Å². The van der Waals surface area contributed by atoms with Crippen molar-refractivity contribution in [2.45, 2.75) is 37.6 Å². The van der Waals surface area contributed by atoms with Crippen molar-refractivity contribution in [3.63, 3.8) is 0 Å². The second-order valence-electron chi connectivity index (χ2n) is 8.89. The number of benzene rings is 2. The molecule has 1 saturated carbocycles. The Morgan fingerprint density at radius 2 is 1.97 bits per heavy atom. The molecule has 7 heteroatoms. The van der Waals surface area contributed by atoms with Crippen LogP contribution in [0.2, 0.25) is 5.02 Å². The van der Waals surface area contributed by atoms with E-state index in [1.807, 2.05) is 35.1 Å². The van der Waals surface area contributed by atoms with Crippen molar-refractivity contribution in [3.8, 4) is 0 Å². The summed E-state index contributed by atoms with van der Waals surface area (Å²) in [6.45, 7) is 0.874. The Morgan fingerprint density at radius 3 is 2.74 bits per heavy atom. The van der Waals surface area contributed by atoms with Crippen LogP contribution in [-0.2, 0) is 29.6 Å². The van der Waals surface area contributed by atoms with Gasteiger partial charge >= 0.3 is 5.97 Å². The minimum atomic E-state index is -0.960. The van der Waals surface area contributed by atoms with E-state index in [4.69, 9.17) is 11.6 Å². The molecule has 2 aromatic carbocycles. The van der Waals surface area contributed by atoms with Crippen LogP contribution in [0.25, 0.3) is 0 Å². The van der Waals surface area contributed by atoms with E-state index < -0.39 is 11.4 Å². The fourth-order valence-electron chi connectivity index (χ4n) is 5.07. The molecule has 0 saturated heterocycles. The molecule has 156 valence electrons. The molecule has 1 aliphatic heterocycles. The van der Waals surface area contributed by atoms with Gasteiger partial charge in [-0.25, -0.2) is 4.79 Å². The van der Waals surface area contributed by atoms with Crippen LogP contribution in [-0.4, -0.2) is 26.8 Å². The Morgan fingerprint density at radius 1 is 1.16 bits per heavy atom. The number of amides is 1. The van der Waals surface area contributed by atoms with Gasteiger partial charge in [0.05, 0.1) is 28.6 Å². The number of nitrogens with zero attached hydrogens (tertiary/aromatic N) is 3. The number of carbonyl (C=O) groups excluding carboxylic acids is 1. The number of fused-ring (bicyclic) bond motifs is 3. The Balaban J connectivity index is 1.44. The molecule has 0 bridgehead atoms. The van der Waals surface area contributed by atoms with Crippen LogP contribution in [0.15, 0.2) is 48.8 Å². The van der Waals surface area contributed by atoms with E-state index in [0.717, 1.165) is 34.6 Å². The van der Waals surface area contributed by atoms with E-state index in [9.17, 15) is 14.7 Å². The maximum atomic E-state index is 14.0. The van der Waals surface area contributed by atoms with E-state index in [1.165, 1.54) is 12.8 Å². The summed E-state index contributed by atoms with van der Waals surface area (Å²) in [6.07, 6.45) is 7.16. The number of hydrogen-bond donors (Lipinski definition) is 1. The number of aromatic carboxylic acids is 1. The van der Waals surface area contributed by atoms with Gasteiger partial charge in [0.15, 0.2) is 0 Å². The quantitative estimate of drug-likeness (QED) is 0.663. The third kappa shape index (κ3) is 2.82. The average molecular weight is 434 g/mol. The Bertz CT molecular complexity index is 1260. The molecule has 1 atom stereocenters. The number of halogens is 1. The lowest BCUT2D eigenvalue weighted by Crippen LogP contribution is -2.39. The zero-order valence-electron chi connectivity index (χ0n) is 16.7. The molecule has 0 radical (unpaired) electrons. The third-order valence-electron chi connectivity index (χ3n) is 6.79. The first-order valence-electron chi connectivity index (χ1n) is 10.5. The zero-order valence-corrected chi connectivity index (χ0v) is 17.5. The number of anilines is 2. The van der Waals surface area contributed by atoms with Gasteiger partial charge in [0.25, 0.3) is 0 Å². The lowest BCUT2D eigenvalue weighted by Gasteiger charge is -2.23. The average Bonchev–Trinajstić information content (AvgIpc) is 3.21. The topological polar surface area (TPSA) is 75.4 Å². The molecule has 31 heavy (non-hydrogen) atoms. The molecule has 1 unspecified atom stereocenters. The van der Waals surface area contributed by atoms with Gasteiger partial charge < -0.3 is 5.11 Å². The SMILES string of the molecule is O=C(O)c1ccc2c(c1)CC1(C2)C(=O)N(c2cnn(CC3CC3)c2)c2cc(Cl)ccc21. The predicted molar refractivity (Wildman–Crippen MR) is 116 cm³/mol. The smallest absolute Gasteiger partial charge is 0.335 e. The highest BCUT2D eigenvalue weighted by Gasteiger charge is 2.54. The molecule has 2 heterocycles. The molecule has 1 amide bonds. The molecule has 3 aliphatic rings. The van der Waals surface area contributed by atoms with Gasteiger partial charge in [0.2, 0.25) is 5.91 Å². The van der Waals surface area contributed by atoms with Gasteiger partial charge in [0.1, 0.15) is 0 Å². The number of rotatable bonds is 4. The van der Waals surface area contributed by atoms with E-state index in [1.54, 1.807) is 23.2 Å². The lowest BCUT2D eigenvalue weighted by molar-refractivity contribution is -0.122. The summed E-state index contributed by atoms with van der Waals surface area (Å²) in [4.78, 5) is 27.1. The number of hydrogen-bond acceptors (Lipinski definition) is 3. The van der Waals surface area contributed by atoms with Gasteiger partial charge in [0, 0.05) is 17.8 Å². The Labute approximate surface area is 184 Å². The highest BCUT2D eigenvalue weighted by Crippen LogP contribution is 2.52. The van der Waals surface area contributed by atoms with Crippen LogP contribution in [0.3, 0.4) is 0 Å². The second kappa shape index (κ2) is 6.44.